The summed E-state index contributed by atoms with van der Waals surface area (Å²) in [7, 11) is -2.66. The van der Waals surface area contributed by atoms with Crippen LogP contribution in [0.4, 0.5) is 5.69 Å². The van der Waals surface area contributed by atoms with E-state index in [2.05, 4.69) is 5.32 Å². The molecule has 0 atom stereocenters. The zero-order valence-electron chi connectivity index (χ0n) is 19.4. The summed E-state index contributed by atoms with van der Waals surface area (Å²) in [5.74, 6) is 0.0588. The highest BCUT2D eigenvalue weighted by molar-refractivity contribution is 7.87. The summed E-state index contributed by atoms with van der Waals surface area (Å²) in [5, 5.41) is 12.2. The minimum absolute atomic E-state index is 0.0255. The number of nitrogens with one attached hydrogen (secondary N) is 1. The number of benzene rings is 3. The highest BCUT2D eigenvalue weighted by atomic mass is 32.2. The van der Waals surface area contributed by atoms with Crippen LogP contribution >= 0.6 is 0 Å². The number of hydrogen-bond donors (Lipinski definition) is 1. The van der Waals surface area contributed by atoms with E-state index >= 15 is 0 Å². The van der Waals surface area contributed by atoms with Gasteiger partial charge in [0.15, 0.2) is 11.5 Å². The second kappa shape index (κ2) is 11.2. The number of nitriles is 1. The third-order valence-corrected chi connectivity index (χ3v) is 6.05. The first kappa shape index (κ1) is 25.3. The van der Waals surface area contributed by atoms with E-state index in [9.17, 15) is 18.5 Å². The van der Waals surface area contributed by atoms with Gasteiger partial charge < -0.3 is 19.0 Å². The number of carbonyl (C=O) groups is 1. The van der Waals surface area contributed by atoms with Crippen molar-refractivity contribution in [3.05, 3.63) is 83.4 Å². The van der Waals surface area contributed by atoms with Gasteiger partial charge in [-0.3, -0.25) is 4.79 Å². The third kappa shape index (κ3) is 6.62. The van der Waals surface area contributed by atoms with Crippen molar-refractivity contribution in [1.29, 1.82) is 5.26 Å². The van der Waals surface area contributed by atoms with Gasteiger partial charge in [-0.05, 0) is 74.0 Å². The molecule has 0 aromatic heterocycles. The van der Waals surface area contributed by atoms with Crippen LogP contribution in [0.1, 0.15) is 18.1 Å². The lowest BCUT2D eigenvalue weighted by atomic mass is 10.1. The van der Waals surface area contributed by atoms with Crippen LogP contribution < -0.4 is 19.0 Å². The highest BCUT2D eigenvalue weighted by Crippen LogP contribution is 2.32. The van der Waals surface area contributed by atoms with Crippen molar-refractivity contribution >= 4 is 27.8 Å². The van der Waals surface area contributed by atoms with Crippen molar-refractivity contribution in [1.82, 2.24) is 0 Å². The number of hydrogen-bond acceptors (Lipinski definition) is 7. The Labute approximate surface area is 204 Å². The van der Waals surface area contributed by atoms with Crippen LogP contribution in [0.25, 0.3) is 6.08 Å². The van der Waals surface area contributed by atoms with Gasteiger partial charge in [0.25, 0.3) is 5.91 Å². The fraction of sp³-hybridized carbons (Fsp3) is 0.154. The monoisotopic (exact) mass is 492 g/mol. The molecular weight excluding hydrogens is 468 g/mol. The van der Waals surface area contributed by atoms with Crippen LogP contribution in [0, 0.1) is 18.3 Å². The smallest absolute Gasteiger partial charge is 0.339 e. The largest absolute Gasteiger partial charge is 0.497 e. The van der Waals surface area contributed by atoms with Crippen LogP contribution in [-0.4, -0.2) is 28.0 Å². The number of methoxy groups -OCH3 is 1. The van der Waals surface area contributed by atoms with E-state index in [0.29, 0.717) is 17.0 Å². The number of rotatable bonds is 9. The Morgan fingerprint density at radius 3 is 2.31 bits per heavy atom. The molecule has 1 N–H and O–H groups in total. The molecule has 0 heterocycles. The zero-order valence-corrected chi connectivity index (χ0v) is 20.3. The van der Waals surface area contributed by atoms with Gasteiger partial charge in [-0.25, -0.2) is 0 Å². The Balaban J connectivity index is 1.85. The van der Waals surface area contributed by atoms with Crippen molar-refractivity contribution in [3.63, 3.8) is 0 Å². The van der Waals surface area contributed by atoms with Crippen LogP contribution in [0.15, 0.2) is 77.2 Å². The Morgan fingerprint density at radius 1 is 1.03 bits per heavy atom. The number of carbonyl (C=O) groups excluding carboxylic acids is 1. The maximum Gasteiger partial charge on any atom is 0.339 e. The van der Waals surface area contributed by atoms with Gasteiger partial charge in [-0.15, -0.1) is 0 Å². The molecule has 0 aliphatic carbocycles. The predicted molar refractivity (Wildman–Crippen MR) is 132 cm³/mol. The molecule has 3 rings (SSSR count). The molecule has 8 nitrogen and oxygen atoms in total. The first-order valence-corrected chi connectivity index (χ1v) is 12.0. The highest BCUT2D eigenvalue weighted by Gasteiger charge is 2.20. The van der Waals surface area contributed by atoms with Gasteiger partial charge in [0, 0.05) is 5.69 Å². The zero-order chi connectivity index (χ0) is 25.4. The van der Waals surface area contributed by atoms with E-state index in [1.807, 2.05) is 25.1 Å². The molecule has 0 saturated carbocycles. The van der Waals surface area contributed by atoms with Crippen LogP contribution in [0.2, 0.25) is 0 Å². The van der Waals surface area contributed by atoms with Crippen molar-refractivity contribution < 1.29 is 26.9 Å². The molecule has 35 heavy (non-hydrogen) atoms. The second-order valence-electron chi connectivity index (χ2n) is 7.34. The Hall–Kier alpha value is -4.29. The Bertz CT molecular complexity index is 1370. The average Bonchev–Trinajstić information content (AvgIpc) is 2.85. The number of ether oxygens (including phenoxy) is 2. The van der Waals surface area contributed by atoms with Crippen molar-refractivity contribution in [2.24, 2.45) is 0 Å². The summed E-state index contributed by atoms with van der Waals surface area (Å²) < 4.78 is 41.4. The molecule has 0 aliphatic heterocycles. The number of amides is 1. The van der Waals surface area contributed by atoms with Gasteiger partial charge in [-0.1, -0.05) is 23.8 Å². The molecule has 3 aromatic carbocycles. The van der Waals surface area contributed by atoms with Crippen molar-refractivity contribution in [2.75, 3.05) is 19.0 Å². The normalized spacial score (nSPS) is 11.3. The van der Waals surface area contributed by atoms with Gasteiger partial charge in [0.2, 0.25) is 0 Å². The maximum atomic E-state index is 12.7. The van der Waals surface area contributed by atoms with Gasteiger partial charge >= 0.3 is 10.1 Å². The predicted octanol–water partition coefficient (Wildman–Crippen LogP) is 4.72. The number of anilines is 1. The number of nitrogens with zero attached hydrogens (tertiary/aromatic N) is 1. The lowest BCUT2D eigenvalue weighted by molar-refractivity contribution is -0.112. The van der Waals surface area contributed by atoms with Crippen molar-refractivity contribution in [3.8, 4) is 23.3 Å². The Morgan fingerprint density at radius 2 is 1.71 bits per heavy atom. The van der Waals surface area contributed by atoms with E-state index in [-0.39, 0.29) is 28.6 Å². The summed E-state index contributed by atoms with van der Waals surface area (Å²) in [4.78, 5) is 12.5. The molecular formula is C26H24N2O6S. The van der Waals surface area contributed by atoms with E-state index in [4.69, 9.17) is 13.7 Å². The summed E-state index contributed by atoms with van der Waals surface area (Å²) >= 11 is 0. The van der Waals surface area contributed by atoms with Crippen LogP contribution in [0.3, 0.4) is 0 Å². The second-order valence-corrected chi connectivity index (χ2v) is 8.89. The van der Waals surface area contributed by atoms with E-state index in [1.54, 1.807) is 19.1 Å². The molecule has 180 valence electrons. The van der Waals surface area contributed by atoms with Gasteiger partial charge in [-0.2, -0.15) is 13.7 Å². The molecule has 0 fully saturated rings. The molecule has 0 aliphatic rings. The fourth-order valence-corrected chi connectivity index (χ4v) is 3.95. The van der Waals surface area contributed by atoms with E-state index < -0.39 is 16.0 Å². The SMILES string of the molecule is CCOc1cc(/C=C(\C#N)C(=O)Nc2ccc(C)cc2)ccc1OS(=O)(=O)c1ccc(OC)cc1. The first-order chi connectivity index (χ1) is 16.7. The molecule has 0 radical (unpaired) electrons. The molecule has 0 unspecified atom stereocenters. The lowest BCUT2D eigenvalue weighted by Gasteiger charge is -2.13. The topological polar surface area (TPSA) is 115 Å². The van der Waals surface area contributed by atoms with Gasteiger partial charge in [0.05, 0.1) is 13.7 Å². The number of aryl methyl sites for hydroxylation is 1. The van der Waals surface area contributed by atoms with Crippen LogP contribution in [-0.2, 0) is 14.9 Å². The van der Waals surface area contributed by atoms with Crippen molar-refractivity contribution in [2.45, 2.75) is 18.7 Å². The quantitative estimate of drug-likeness (QED) is 0.261. The molecule has 0 saturated heterocycles. The van der Waals surface area contributed by atoms with Crippen LogP contribution in [0.5, 0.6) is 17.2 Å². The summed E-state index contributed by atoms with van der Waals surface area (Å²) in [6, 6.07) is 19.3. The third-order valence-electron chi connectivity index (χ3n) is 4.80. The average molecular weight is 493 g/mol. The van der Waals surface area contributed by atoms with Gasteiger partial charge in [0.1, 0.15) is 22.3 Å². The van der Waals surface area contributed by atoms with E-state index in [1.165, 1.54) is 55.7 Å². The molecule has 0 bridgehead atoms. The molecule has 0 spiro atoms. The fourth-order valence-electron chi connectivity index (χ4n) is 3.01. The maximum absolute atomic E-state index is 12.7. The van der Waals surface area contributed by atoms with E-state index in [0.717, 1.165) is 5.56 Å². The summed E-state index contributed by atoms with van der Waals surface area (Å²) in [5.41, 5.74) is 1.92. The lowest BCUT2D eigenvalue weighted by Crippen LogP contribution is -2.13. The standard InChI is InChI=1S/C26H24N2O6S/c1-4-33-25-16-19(15-20(17-27)26(29)28-21-8-5-18(2)6-9-21)7-14-24(25)34-35(30,31)23-12-10-22(32-3)11-13-23/h5-16H,4H2,1-3H3,(H,28,29)/b20-15+. The molecule has 3 aromatic rings. The minimum atomic E-state index is -4.14. The minimum Gasteiger partial charge on any atom is -0.497 e. The molecule has 9 heteroatoms. The Kier molecular flexibility index (Phi) is 8.12. The molecule has 1 amide bonds. The summed E-state index contributed by atoms with van der Waals surface area (Å²) in [6.45, 7) is 3.91. The first-order valence-electron chi connectivity index (χ1n) is 10.6. The summed E-state index contributed by atoms with van der Waals surface area (Å²) in [6.07, 6.45) is 1.38.